The second-order valence-electron chi connectivity index (χ2n) is 12.0. The van der Waals surface area contributed by atoms with Gasteiger partial charge in [0.1, 0.15) is 28.3 Å². The van der Waals surface area contributed by atoms with Gasteiger partial charge in [0.2, 0.25) is 5.91 Å². The van der Waals surface area contributed by atoms with E-state index >= 15 is 4.39 Å². The van der Waals surface area contributed by atoms with Crippen LogP contribution in [0.25, 0.3) is 22.3 Å². The number of benzene rings is 1. The van der Waals surface area contributed by atoms with Crippen LogP contribution in [-0.2, 0) is 11.0 Å². The predicted octanol–water partition coefficient (Wildman–Crippen LogP) is 4.85. The van der Waals surface area contributed by atoms with Crippen LogP contribution in [0.1, 0.15) is 43.1 Å². The van der Waals surface area contributed by atoms with E-state index in [4.69, 9.17) is 0 Å². The number of para-hydroxylation sites is 1. The number of fused-ring (bicyclic) bond motifs is 5. The Morgan fingerprint density at radius 1 is 1.11 bits per heavy atom. The van der Waals surface area contributed by atoms with Crippen molar-refractivity contribution in [3.8, 4) is 17.1 Å². The summed E-state index contributed by atoms with van der Waals surface area (Å²) in [6, 6.07) is 4.83. The molecule has 47 heavy (non-hydrogen) atoms. The second kappa shape index (κ2) is 11.6. The van der Waals surface area contributed by atoms with E-state index in [1.54, 1.807) is 22.8 Å². The minimum Gasteiger partial charge on any atom is -0.506 e. The number of halogens is 4. The van der Waals surface area contributed by atoms with Crippen LogP contribution in [0, 0.1) is 12.7 Å². The van der Waals surface area contributed by atoms with Crippen LogP contribution >= 0.6 is 0 Å². The normalized spacial score (nSPS) is 16.5. The summed E-state index contributed by atoms with van der Waals surface area (Å²) in [5, 5.41) is 13.5. The van der Waals surface area contributed by atoms with Gasteiger partial charge in [-0.2, -0.15) is 13.2 Å². The Kier molecular flexibility index (Phi) is 7.84. The lowest BCUT2D eigenvalue weighted by molar-refractivity contribution is -0.142. The third kappa shape index (κ3) is 5.11. The number of pyridine rings is 3. The molecule has 1 unspecified atom stereocenters. The summed E-state index contributed by atoms with van der Waals surface area (Å²) in [7, 11) is 0. The number of alkyl halides is 3. The number of nitrogens with one attached hydrogen (secondary N) is 1. The zero-order valence-electron chi connectivity index (χ0n) is 25.9. The Bertz CT molecular complexity index is 2050. The van der Waals surface area contributed by atoms with Gasteiger partial charge in [-0.05, 0) is 55.2 Å². The van der Waals surface area contributed by atoms with E-state index in [9.17, 15) is 32.7 Å². The number of carbonyl (C=O) groups is 1. The quantitative estimate of drug-likeness (QED) is 0.240. The maximum atomic E-state index is 15.3. The van der Waals surface area contributed by atoms with Crippen LogP contribution in [0.2, 0.25) is 0 Å². The molecule has 10 nitrogen and oxygen atoms in total. The van der Waals surface area contributed by atoms with E-state index < -0.39 is 51.8 Å². The van der Waals surface area contributed by atoms with Crippen molar-refractivity contribution in [3.05, 3.63) is 92.7 Å². The fourth-order valence-corrected chi connectivity index (χ4v) is 6.65. The molecule has 246 valence electrons. The maximum Gasteiger partial charge on any atom is 0.431 e. The molecule has 3 aromatic heterocycles. The summed E-state index contributed by atoms with van der Waals surface area (Å²) in [6.45, 7) is 9.69. The molecule has 0 saturated carbocycles. The van der Waals surface area contributed by atoms with Gasteiger partial charge in [0, 0.05) is 43.8 Å². The molecular weight excluding hydrogens is 620 g/mol. The Hall–Kier alpha value is -5.14. The predicted molar refractivity (Wildman–Crippen MR) is 169 cm³/mol. The average molecular weight is 653 g/mol. The number of carbonyl (C=O) groups excluding carboxylic acids is 1. The number of amides is 1. The van der Waals surface area contributed by atoms with Crippen LogP contribution in [0.4, 0.5) is 28.9 Å². The van der Waals surface area contributed by atoms with Crippen LogP contribution in [0.15, 0.2) is 58.8 Å². The highest BCUT2D eigenvalue weighted by Gasteiger charge is 2.41. The molecular formula is C33H32F4N6O4. The van der Waals surface area contributed by atoms with Crippen molar-refractivity contribution in [3.63, 3.8) is 0 Å². The highest BCUT2D eigenvalue weighted by atomic mass is 19.4. The van der Waals surface area contributed by atoms with Crippen molar-refractivity contribution in [1.82, 2.24) is 19.0 Å². The highest BCUT2D eigenvalue weighted by molar-refractivity contribution is 6.00. The molecule has 1 aromatic carbocycles. The number of phenols is 1. The zero-order valence-corrected chi connectivity index (χ0v) is 25.9. The summed E-state index contributed by atoms with van der Waals surface area (Å²) in [4.78, 5) is 49.6. The van der Waals surface area contributed by atoms with Crippen molar-refractivity contribution in [2.24, 2.45) is 0 Å². The number of nitrogens with zero attached hydrogens (tertiary/aromatic N) is 5. The average Bonchev–Trinajstić information content (AvgIpc) is 3.21. The number of phenolic OH excluding ortho intramolecular Hbond substituents is 1. The first-order valence-electron chi connectivity index (χ1n) is 15.1. The van der Waals surface area contributed by atoms with Crippen molar-refractivity contribution < 1.29 is 27.5 Å². The Morgan fingerprint density at radius 2 is 1.85 bits per heavy atom. The van der Waals surface area contributed by atoms with Crippen molar-refractivity contribution in [1.29, 1.82) is 0 Å². The lowest BCUT2D eigenvalue weighted by Crippen LogP contribution is -2.54. The third-order valence-corrected chi connectivity index (χ3v) is 8.76. The minimum atomic E-state index is -5.20. The molecule has 0 spiro atoms. The molecule has 1 amide bonds. The van der Waals surface area contributed by atoms with E-state index in [0.29, 0.717) is 17.7 Å². The first kappa shape index (κ1) is 31.8. The molecule has 0 aliphatic carbocycles. The number of aromatic hydroxyl groups is 1. The number of rotatable bonds is 4. The number of anilines is 2. The molecule has 1 saturated heterocycles. The number of piperazine rings is 1. The smallest absolute Gasteiger partial charge is 0.431 e. The van der Waals surface area contributed by atoms with Gasteiger partial charge in [0.25, 0.3) is 11.1 Å². The van der Waals surface area contributed by atoms with E-state index in [1.165, 1.54) is 12.3 Å². The molecule has 6 rings (SSSR count). The Morgan fingerprint density at radius 3 is 2.51 bits per heavy atom. The summed E-state index contributed by atoms with van der Waals surface area (Å²) >= 11 is 0. The Labute approximate surface area is 266 Å². The summed E-state index contributed by atoms with van der Waals surface area (Å²) < 4.78 is 61.2. The largest absolute Gasteiger partial charge is 0.506 e. The van der Waals surface area contributed by atoms with Gasteiger partial charge in [-0.3, -0.25) is 28.5 Å². The van der Waals surface area contributed by atoms with E-state index in [2.05, 4.69) is 16.9 Å². The lowest BCUT2D eigenvalue weighted by atomic mass is 10.0. The number of aromatic nitrogens is 3. The molecule has 5 heterocycles. The summed E-state index contributed by atoms with van der Waals surface area (Å²) in [5.74, 6) is -2.75. The topological polar surface area (TPSA) is 113 Å². The number of aryl methyl sites for hydroxylation is 1. The molecule has 0 radical (unpaired) electrons. The van der Waals surface area contributed by atoms with Gasteiger partial charge in [-0.25, -0.2) is 4.39 Å². The first-order chi connectivity index (χ1) is 22.3. The molecule has 1 fully saturated rings. The van der Waals surface area contributed by atoms with Gasteiger partial charge < -0.3 is 20.2 Å². The third-order valence-electron chi connectivity index (χ3n) is 8.76. The van der Waals surface area contributed by atoms with Crippen molar-refractivity contribution in [2.75, 3.05) is 36.4 Å². The van der Waals surface area contributed by atoms with Crippen LogP contribution in [0.3, 0.4) is 0 Å². The Balaban J connectivity index is 1.83. The number of hydrogen-bond acceptors (Lipinski definition) is 7. The molecule has 14 heteroatoms. The van der Waals surface area contributed by atoms with Crippen LogP contribution < -0.4 is 21.3 Å². The van der Waals surface area contributed by atoms with E-state index in [0.717, 1.165) is 28.8 Å². The fourth-order valence-electron chi connectivity index (χ4n) is 6.65. The monoisotopic (exact) mass is 652 g/mol. The molecule has 0 bridgehead atoms. The van der Waals surface area contributed by atoms with Crippen molar-refractivity contribution >= 4 is 28.2 Å². The molecule has 1 atom stereocenters. The van der Waals surface area contributed by atoms with Gasteiger partial charge in [-0.1, -0.05) is 26.5 Å². The van der Waals surface area contributed by atoms with Gasteiger partial charge in [0.05, 0.1) is 17.1 Å². The van der Waals surface area contributed by atoms with Gasteiger partial charge >= 0.3 is 6.18 Å². The van der Waals surface area contributed by atoms with Gasteiger partial charge in [-0.15, -0.1) is 0 Å². The van der Waals surface area contributed by atoms with Crippen LogP contribution in [-0.4, -0.2) is 62.3 Å². The molecule has 2 N–H and O–H groups in total. The molecule has 2 aliphatic rings. The summed E-state index contributed by atoms with van der Waals surface area (Å²) in [5.41, 5.74) is -3.86. The summed E-state index contributed by atoms with van der Waals surface area (Å²) in [6.07, 6.45) is -2.05. The SMILES string of the molecule is C=CC(=O)N1CCN2c3c(c(=O)n(-c4c(C)ccnc4C(C)C)c4c(=O)n(-c5c(O)cccc5F)c(C(F)(F)F)cc34)NCCC2C1. The van der Waals surface area contributed by atoms with Crippen molar-refractivity contribution in [2.45, 2.75) is 45.3 Å². The number of hydrogen-bond donors (Lipinski definition) is 2. The lowest BCUT2D eigenvalue weighted by Gasteiger charge is -2.42. The van der Waals surface area contributed by atoms with Crippen LogP contribution in [0.5, 0.6) is 5.75 Å². The zero-order chi connectivity index (χ0) is 33.9. The maximum absolute atomic E-state index is 15.3. The fraction of sp³-hybridized carbons (Fsp3) is 0.333. The van der Waals surface area contributed by atoms with E-state index in [-0.39, 0.29) is 65.0 Å². The van der Waals surface area contributed by atoms with E-state index in [1.807, 2.05) is 13.8 Å². The first-order valence-corrected chi connectivity index (χ1v) is 15.1. The molecule has 2 aliphatic heterocycles. The second-order valence-corrected chi connectivity index (χ2v) is 12.0. The minimum absolute atomic E-state index is 0.0135. The highest BCUT2D eigenvalue weighted by Crippen LogP contribution is 2.42. The standard InChI is InChI=1S/C33H32F4N6O4/c1-5-24(45)40-13-14-41-19(16-40)10-12-39-26-28(41)20-15-23(33(35,36)37)42(30-21(34)7-6-8-22(30)44)32(47)29(20)43(31(26)46)27-18(4)9-11-38-25(27)17(2)3/h5-9,11,15,17,19,39,44H,1,10,12-14,16H2,2-4H3. The molecule has 4 aromatic rings. The van der Waals surface area contributed by atoms with Gasteiger partial charge in [0.15, 0.2) is 5.82 Å².